The van der Waals surface area contributed by atoms with Crippen molar-refractivity contribution in [1.82, 2.24) is 24.0 Å². The van der Waals surface area contributed by atoms with Crippen LogP contribution in [0.15, 0.2) is 49.2 Å². The number of imidazole rings is 1. The molecule has 1 aromatic carbocycles. The van der Waals surface area contributed by atoms with Gasteiger partial charge < -0.3 is 23.5 Å². The molecule has 0 N–H and O–H groups in total. The number of pyridine rings is 1. The maximum absolute atomic E-state index is 13.9. The van der Waals surface area contributed by atoms with E-state index in [2.05, 4.69) is 32.8 Å². The van der Waals surface area contributed by atoms with Crippen LogP contribution in [0.3, 0.4) is 0 Å². The smallest absolute Gasteiger partial charge is 0.330 e. The summed E-state index contributed by atoms with van der Waals surface area (Å²) in [4.78, 5) is 37.5. The van der Waals surface area contributed by atoms with Gasteiger partial charge in [-0.3, -0.25) is 4.79 Å². The van der Waals surface area contributed by atoms with Gasteiger partial charge in [0.2, 0.25) is 0 Å². The molecule has 4 aromatic rings. The number of esters is 1. The van der Waals surface area contributed by atoms with E-state index in [-0.39, 0.29) is 18.1 Å². The first-order valence-corrected chi connectivity index (χ1v) is 14.1. The lowest BCUT2D eigenvalue weighted by atomic mass is 9.51. The standard InChI is InChI=1S/C31H31N5O4/c1-4-24(37)40-28-20-10-19-15-36(27(28)25(19)20)31(38)18-11-21-26(23(13-18)39-3)34(2)30(33-21)22-12-17-6-5-9-32-29(17)35(22)14-16-7-8-16/h4-6,9,11-13,16,19-20,25,27-28H,1,7-8,10,14-15H2,2-3H3/t19-,20?,25+,27+,28+/m1/s1. The zero-order chi connectivity index (χ0) is 27.3. The topological polar surface area (TPSA) is 91.5 Å². The van der Waals surface area contributed by atoms with Gasteiger partial charge in [-0.1, -0.05) is 6.58 Å². The summed E-state index contributed by atoms with van der Waals surface area (Å²) in [5.41, 5.74) is 4.06. The Bertz CT molecular complexity index is 1730. The van der Waals surface area contributed by atoms with Crippen molar-refractivity contribution in [2.75, 3.05) is 13.7 Å². The van der Waals surface area contributed by atoms with Crippen molar-refractivity contribution < 1.29 is 19.1 Å². The molecule has 0 spiro atoms. The second kappa shape index (κ2) is 8.43. The van der Waals surface area contributed by atoms with E-state index in [9.17, 15) is 9.59 Å². The van der Waals surface area contributed by atoms with E-state index in [0.29, 0.717) is 47.0 Å². The van der Waals surface area contributed by atoms with Crippen molar-refractivity contribution in [2.24, 2.45) is 30.7 Å². The van der Waals surface area contributed by atoms with Crippen molar-refractivity contribution in [1.29, 1.82) is 0 Å². The third kappa shape index (κ3) is 3.26. The van der Waals surface area contributed by atoms with Gasteiger partial charge in [0.1, 0.15) is 23.0 Å². The third-order valence-electron chi connectivity index (χ3n) is 9.66. The number of carbonyl (C=O) groups is 2. The highest BCUT2D eigenvalue weighted by Crippen LogP contribution is 2.62. The Morgan fingerprint density at radius 3 is 2.85 bits per heavy atom. The van der Waals surface area contributed by atoms with Crippen LogP contribution in [0.4, 0.5) is 0 Å². The lowest BCUT2D eigenvalue weighted by Crippen LogP contribution is -2.66. The second-order valence-corrected chi connectivity index (χ2v) is 11.8. The number of methoxy groups -OCH3 is 1. The fraction of sp³-hybridized carbons (Fsp3) is 0.419. The molecule has 3 aromatic heterocycles. The third-order valence-corrected chi connectivity index (χ3v) is 9.66. The van der Waals surface area contributed by atoms with Crippen LogP contribution in [0.1, 0.15) is 29.6 Å². The van der Waals surface area contributed by atoms with Crippen molar-refractivity contribution in [3.63, 3.8) is 0 Å². The van der Waals surface area contributed by atoms with Crippen molar-refractivity contribution in [2.45, 2.75) is 38.0 Å². The summed E-state index contributed by atoms with van der Waals surface area (Å²) in [6.07, 6.45) is 6.25. The highest BCUT2D eigenvalue weighted by molar-refractivity contribution is 6.00. The first-order valence-electron chi connectivity index (χ1n) is 14.1. The minimum absolute atomic E-state index is 0.0723. The van der Waals surface area contributed by atoms with Crippen LogP contribution in [0.5, 0.6) is 5.75 Å². The van der Waals surface area contributed by atoms with E-state index < -0.39 is 5.97 Å². The van der Waals surface area contributed by atoms with Crippen LogP contribution in [-0.2, 0) is 23.1 Å². The number of nitrogens with zero attached hydrogens (tertiary/aromatic N) is 5. The van der Waals surface area contributed by atoms with Gasteiger partial charge in [0.05, 0.1) is 24.4 Å². The molecule has 5 atom stereocenters. The maximum atomic E-state index is 13.9. The highest BCUT2D eigenvalue weighted by Gasteiger charge is 2.69. The Morgan fingerprint density at radius 1 is 1.23 bits per heavy atom. The Kier molecular flexibility index (Phi) is 5.00. The molecule has 1 aliphatic heterocycles. The minimum atomic E-state index is -0.426. The summed E-state index contributed by atoms with van der Waals surface area (Å²) in [6, 6.07) is 9.81. The first-order chi connectivity index (χ1) is 19.5. The van der Waals surface area contributed by atoms with E-state index in [1.54, 1.807) is 7.11 Å². The average molecular weight is 538 g/mol. The van der Waals surface area contributed by atoms with Gasteiger partial charge >= 0.3 is 5.97 Å². The molecule has 4 fully saturated rings. The molecular weight excluding hydrogens is 506 g/mol. The number of fused-ring (bicyclic) bond motifs is 2. The summed E-state index contributed by atoms with van der Waals surface area (Å²) in [5.74, 6) is 2.83. The van der Waals surface area contributed by atoms with E-state index in [4.69, 9.17) is 14.5 Å². The molecule has 3 saturated carbocycles. The minimum Gasteiger partial charge on any atom is -0.494 e. The van der Waals surface area contributed by atoms with Gasteiger partial charge in [-0.25, -0.2) is 14.8 Å². The van der Waals surface area contributed by atoms with Gasteiger partial charge in [0.15, 0.2) is 5.82 Å². The Balaban J connectivity index is 1.19. The molecule has 1 saturated heterocycles. The monoisotopic (exact) mass is 537 g/mol. The Hall–Kier alpha value is -4.14. The fourth-order valence-corrected chi connectivity index (χ4v) is 7.54. The highest BCUT2D eigenvalue weighted by atomic mass is 16.5. The van der Waals surface area contributed by atoms with Crippen LogP contribution in [0.25, 0.3) is 33.6 Å². The molecule has 1 amide bonds. The van der Waals surface area contributed by atoms with Gasteiger partial charge in [0, 0.05) is 49.3 Å². The summed E-state index contributed by atoms with van der Waals surface area (Å²) < 4.78 is 15.8. The number of aryl methyl sites for hydroxylation is 1. The molecule has 204 valence electrons. The quantitative estimate of drug-likeness (QED) is 0.259. The largest absolute Gasteiger partial charge is 0.494 e. The van der Waals surface area contributed by atoms with Crippen molar-refractivity contribution in [3.05, 3.63) is 54.7 Å². The number of rotatable bonds is 7. The number of amides is 1. The summed E-state index contributed by atoms with van der Waals surface area (Å²) in [5, 5.41) is 1.09. The lowest BCUT2D eigenvalue weighted by molar-refractivity contribution is -0.186. The van der Waals surface area contributed by atoms with E-state index in [1.807, 2.05) is 36.3 Å². The van der Waals surface area contributed by atoms with Gasteiger partial charge in [-0.2, -0.15) is 0 Å². The number of likely N-dealkylation sites (tertiary alicyclic amines) is 1. The number of ether oxygens (including phenoxy) is 2. The second-order valence-electron chi connectivity index (χ2n) is 11.8. The maximum Gasteiger partial charge on any atom is 0.330 e. The predicted molar refractivity (Wildman–Crippen MR) is 149 cm³/mol. The van der Waals surface area contributed by atoms with E-state index in [0.717, 1.165) is 41.0 Å². The summed E-state index contributed by atoms with van der Waals surface area (Å²) >= 11 is 0. The summed E-state index contributed by atoms with van der Waals surface area (Å²) in [6.45, 7) is 5.13. The summed E-state index contributed by atoms with van der Waals surface area (Å²) in [7, 11) is 3.62. The van der Waals surface area contributed by atoms with Crippen LogP contribution < -0.4 is 4.74 Å². The Morgan fingerprint density at radius 2 is 2.08 bits per heavy atom. The Labute approximate surface area is 231 Å². The molecule has 3 aliphatic carbocycles. The molecule has 9 heteroatoms. The molecule has 0 bridgehead atoms. The van der Waals surface area contributed by atoms with Crippen molar-refractivity contribution >= 4 is 33.9 Å². The lowest BCUT2D eigenvalue weighted by Gasteiger charge is -2.57. The average Bonchev–Trinajstić information content (AvgIpc) is 3.60. The first kappa shape index (κ1) is 23.7. The zero-order valence-electron chi connectivity index (χ0n) is 22.6. The zero-order valence-corrected chi connectivity index (χ0v) is 22.6. The fourth-order valence-electron chi connectivity index (χ4n) is 7.54. The van der Waals surface area contributed by atoms with Crippen LogP contribution in [0, 0.1) is 23.7 Å². The molecule has 4 heterocycles. The molecular formula is C31H31N5O4. The molecule has 40 heavy (non-hydrogen) atoms. The van der Waals surface area contributed by atoms with Gasteiger partial charge in [0.25, 0.3) is 5.91 Å². The number of hydrogen-bond acceptors (Lipinski definition) is 6. The molecule has 0 radical (unpaired) electrons. The van der Waals surface area contributed by atoms with Gasteiger partial charge in [-0.05, 0) is 67.3 Å². The molecule has 4 aliphatic rings. The van der Waals surface area contributed by atoms with Crippen molar-refractivity contribution in [3.8, 4) is 17.3 Å². The molecule has 8 rings (SSSR count). The molecule has 9 nitrogen and oxygen atoms in total. The number of aromatic nitrogens is 4. The van der Waals surface area contributed by atoms with Crippen LogP contribution >= 0.6 is 0 Å². The number of benzene rings is 1. The van der Waals surface area contributed by atoms with E-state index >= 15 is 0 Å². The van der Waals surface area contributed by atoms with E-state index in [1.165, 1.54) is 18.9 Å². The SMILES string of the molecule is C=CC(=O)O[C@H]1C2C[C@@H]3CN(C(=O)c4cc(OC)c5c(c4)nc(-c4cc6cccnc6n4CC4CC4)n5C)[C@H]1[C@H]23. The predicted octanol–water partition coefficient (Wildman–Crippen LogP) is 4.20. The number of hydrogen-bond donors (Lipinski definition) is 0. The number of carbonyl (C=O) groups excluding carboxylic acids is 2. The molecule has 1 unspecified atom stereocenters. The van der Waals surface area contributed by atoms with Gasteiger partial charge in [-0.15, -0.1) is 0 Å². The van der Waals surface area contributed by atoms with Crippen LogP contribution in [-0.4, -0.2) is 61.7 Å². The van der Waals surface area contributed by atoms with Crippen LogP contribution in [0.2, 0.25) is 0 Å². The normalized spacial score (nSPS) is 26.4.